The maximum absolute atomic E-state index is 14.0. The minimum atomic E-state index is -0.331. The summed E-state index contributed by atoms with van der Waals surface area (Å²) < 4.78 is 19.4. The molecule has 4 rings (SSSR count). The first-order valence-electron chi connectivity index (χ1n) is 7.99. The molecule has 25 heavy (non-hydrogen) atoms. The Morgan fingerprint density at radius 1 is 0.960 bits per heavy atom. The van der Waals surface area contributed by atoms with Crippen LogP contribution in [0.4, 0.5) is 10.2 Å². The van der Waals surface area contributed by atoms with Crippen molar-refractivity contribution in [2.75, 3.05) is 11.9 Å². The molecule has 0 fully saturated rings. The number of rotatable bonds is 4. The van der Waals surface area contributed by atoms with Gasteiger partial charge in [-0.25, -0.2) is 4.39 Å². The summed E-state index contributed by atoms with van der Waals surface area (Å²) in [5, 5.41) is 4.71. The van der Waals surface area contributed by atoms with Gasteiger partial charge in [-0.3, -0.25) is 0 Å². The number of pyridine rings is 1. The predicted molar refractivity (Wildman–Crippen MR) is 95.7 cm³/mol. The zero-order chi connectivity index (χ0) is 17.2. The van der Waals surface area contributed by atoms with Gasteiger partial charge in [0.1, 0.15) is 17.3 Å². The Labute approximate surface area is 144 Å². The molecule has 5 heteroatoms. The Hall–Kier alpha value is -3.21. The third-order valence-electron chi connectivity index (χ3n) is 4.11. The molecule has 0 saturated heterocycles. The third-order valence-corrected chi connectivity index (χ3v) is 4.11. The second-order valence-corrected chi connectivity index (χ2v) is 5.87. The van der Waals surface area contributed by atoms with Gasteiger partial charge in [0, 0.05) is 19.2 Å². The summed E-state index contributed by atoms with van der Waals surface area (Å²) >= 11 is 0. The number of hydrogen-bond acceptors (Lipinski definition) is 4. The first-order chi connectivity index (χ1) is 12.2. The van der Waals surface area contributed by atoms with Gasteiger partial charge in [0.25, 0.3) is 5.71 Å². The van der Waals surface area contributed by atoms with E-state index in [1.807, 2.05) is 42.3 Å². The summed E-state index contributed by atoms with van der Waals surface area (Å²) in [5.74, 6) is 0.440. The highest BCUT2D eigenvalue weighted by molar-refractivity contribution is 5.90. The smallest absolute Gasteiger partial charge is 0.260 e. The molecule has 124 valence electrons. The molecule has 2 heterocycles. The number of hydrogen-bond donors (Lipinski definition) is 0. The Morgan fingerprint density at radius 2 is 1.72 bits per heavy atom. The number of benzene rings is 2. The lowest BCUT2D eigenvalue weighted by molar-refractivity contribution is 0.451. The highest BCUT2D eigenvalue weighted by atomic mass is 19.1. The normalized spacial score (nSPS) is 11.0. The third kappa shape index (κ3) is 2.96. The van der Waals surface area contributed by atoms with Crippen molar-refractivity contribution in [3.63, 3.8) is 0 Å². The molecule has 0 radical (unpaired) electrons. The summed E-state index contributed by atoms with van der Waals surface area (Å²) in [7, 11) is 1.97. The zero-order valence-corrected chi connectivity index (χ0v) is 13.7. The van der Waals surface area contributed by atoms with Gasteiger partial charge in [0.15, 0.2) is 0 Å². The first-order valence-corrected chi connectivity index (χ1v) is 7.99. The van der Waals surface area contributed by atoms with E-state index in [0.717, 1.165) is 12.4 Å². The minimum Gasteiger partial charge on any atom is -0.355 e. The van der Waals surface area contributed by atoms with Crippen LogP contribution in [0.1, 0.15) is 5.56 Å². The molecule has 2 aromatic carbocycles. The zero-order valence-electron chi connectivity index (χ0n) is 13.7. The average Bonchev–Trinajstić information content (AvgIpc) is 3.06. The van der Waals surface area contributed by atoms with Crippen LogP contribution in [0, 0.1) is 5.82 Å². The maximum Gasteiger partial charge on any atom is 0.260 e. The second-order valence-electron chi connectivity index (χ2n) is 5.87. The fraction of sp³-hybridized carbons (Fsp3) is 0.100. The number of aromatic nitrogens is 2. The van der Waals surface area contributed by atoms with Gasteiger partial charge in [-0.1, -0.05) is 47.6 Å². The van der Waals surface area contributed by atoms with Crippen LogP contribution in [-0.2, 0) is 6.54 Å². The van der Waals surface area contributed by atoms with Crippen LogP contribution in [0.2, 0.25) is 0 Å². The summed E-state index contributed by atoms with van der Waals surface area (Å²) in [4.78, 5) is 6.55. The fourth-order valence-corrected chi connectivity index (χ4v) is 2.82. The standard InChI is InChI=1S/C20H16FN3O/c1-24(13-14-7-3-2-4-8-14)18-12-11-16-19(23-25-20(16)22-18)15-9-5-6-10-17(15)21/h2-12H,13H2,1H3. The molecule has 0 spiro atoms. The molecule has 0 amide bonds. The number of nitrogens with zero attached hydrogens (tertiary/aromatic N) is 3. The van der Waals surface area contributed by atoms with E-state index in [9.17, 15) is 4.39 Å². The Bertz CT molecular complexity index is 1010. The van der Waals surface area contributed by atoms with E-state index in [-0.39, 0.29) is 5.82 Å². The Balaban J connectivity index is 1.67. The van der Waals surface area contributed by atoms with Gasteiger partial charge in [-0.2, -0.15) is 4.98 Å². The van der Waals surface area contributed by atoms with Crippen LogP contribution in [0.25, 0.3) is 22.4 Å². The van der Waals surface area contributed by atoms with Gasteiger partial charge in [-0.15, -0.1) is 0 Å². The van der Waals surface area contributed by atoms with Crippen molar-refractivity contribution in [2.24, 2.45) is 0 Å². The van der Waals surface area contributed by atoms with Gasteiger partial charge >= 0.3 is 0 Å². The molecular weight excluding hydrogens is 317 g/mol. The molecule has 0 saturated carbocycles. The molecule has 0 atom stereocenters. The van der Waals surface area contributed by atoms with Crippen molar-refractivity contribution in [1.29, 1.82) is 0 Å². The van der Waals surface area contributed by atoms with Crippen molar-refractivity contribution in [3.05, 3.63) is 78.1 Å². The summed E-state index contributed by atoms with van der Waals surface area (Å²) in [6.07, 6.45) is 0. The van der Waals surface area contributed by atoms with Crippen LogP contribution in [0.3, 0.4) is 0 Å². The van der Waals surface area contributed by atoms with Crippen LogP contribution in [-0.4, -0.2) is 17.2 Å². The van der Waals surface area contributed by atoms with Crippen molar-refractivity contribution in [1.82, 2.24) is 10.1 Å². The largest absolute Gasteiger partial charge is 0.355 e. The molecule has 4 nitrogen and oxygen atoms in total. The van der Waals surface area contributed by atoms with Crippen molar-refractivity contribution >= 4 is 16.9 Å². The quantitative estimate of drug-likeness (QED) is 0.544. The van der Waals surface area contributed by atoms with Crippen molar-refractivity contribution < 1.29 is 8.91 Å². The lowest BCUT2D eigenvalue weighted by Gasteiger charge is -2.17. The van der Waals surface area contributed by atoms with E-state index in [2.05, 4.69) is 22.3 Å². The van der Waals surface area contributed by atoms with Crippen LogP contribution in [0.15, 0.2) is 71.3 Å². The molecule has 0 aliphatic rings. The average molecular weight is 333 g/mol. The van der Waals surface area contributed by atoms with Gasteiger partial charge < -0.3 is 9.42 Å². The van der Waals surface area contributed by atoms with Gasteiger partial charge in [0.05, 0.1) is 5.39 Å². The summed E-state index contributed by atoms with van der Waals surface area (Å²) in [6, 6.07) is 20.4. The monoisotopic (exact) mass is 333 g/mol. The first kappa shape index (κ1) is 15.3. The Morgan fingerprint density at radius 3 is 2.52 bits per heavy atom. The SMILES string of the molecule is CN(Cc1ccccc1)c1ccc2c(-c3ccccc3F)noc2n1. The van der Waals surface area contributed by atoms with E-state index in [4.69, 9.17) is 4.52 Å². The lowest BCUT2D eigenvalue weighted by Crippen LogP contribution is -2.17. The molecule has 2 aromatic heterocycles. The van der Waals surface area contributed by atoms with Crippen LogP contribution < -0.4 is 4.90 Å². The predicted octanol–water partition coefficient (Wildman–Crippen LogP) is 4.67. The number of anilines is 1. The molecule has 0 aliphatic carbocycles. The van der Waals surface area contributed by atoms with Crippen molar-refractivity contribution in [2.45, 2.75) is 6.54 Å². The Kier molecular flexibility index (Phi) is 3.90. The van der Waals surface area contributed by atoms with E-state index in [1.54, 1.807) is 18.2 Å². The molecule has 0 aliphatic heterocycles. The van der Waals surface area contributed by atoms with E-state index in [1.165, 1.54) is 11.6 Å². The topological polar surface area (TPSA) is 42.2 Å². The lowest BCUT2D eigenvalue weighted by atomic mass is 10.1. The highest BCUT2D eigenvalue weighted by Crippen LogP contribution is 2.30. The molecule has 0 unspecified atom stereocenters. The van der Waals surface area contributed by atoms with Crippen LogP contribution in [0.5, 0.6) is 0 Å². The maximum atomic E-state index is 14.0. The minimum absolute atomic E-state index is 0.331. The second kappa shape index (κ2) is 6.36. The summed E-state index contributed by atoms with van der Waals surface area (Å²) in [6.45, 7) is 0.730. The molecule has 0 N–H and O–H groups in total. The fourth-order valence-electron chi connectivity index (χ4n) is 2.82. The molecule has 4 aromatic rings. The molecular formula is C20H16FN3O. The highest BCUT2D eigenvalue weighted by Gasteiger charge is 2.16. The van der Waals surface area contributed by atoms with Crippen molar-refractivity contribution in [3.8, 4) is 11.3 Å². The number of halogens is 1. The summed E-state index contributed by atoms with van der Waals surface area (Å²) in [5.41, 5.74) is 2.47. The van der Waals surface area contributed by atoms with E-state index < -0.39 is 0 Å². The molecule has 0 bridgehead atoms. The van der Waals surface area contributed by atoms with E-state index >= 15 is 0 Å². The van der Waals surface area contributed by atoms with Gasteiger partial charge in [-0.05, 0) is 29.8 Å². The van der Waals surface area contributed by atoms with Gasteiger partial charge in [0.2, 0.25) is 0 Å². The number of fused-ring (bicyclic) bond motifs is 1. The van der Waals surface area contributed by atoms with E-state index in [0.29, 0.717) is 22.4 Å². The van der Waals surface area contributed by atoms with Crippen LogP contribution >= 0.6 is 0 Å².